The Morgan fingerprint density at radius 1 is 0.291 bits per heavy atom. The molecule has 4 aliphatic rings. The van der Waals surface area contributed by atoms with Crippen molar-refractivity contribution in [1.82, 2.24) is 39.9 Å². The fourth-order valence-corrected chi connectivity index (χ4v) is 6.23. The summed E-state index contributed by atoms with van der Waals surface area (Å²) in [5.41, 5.74) is 15.7. The molecule has 4 N–H and O–H groups in total. The van der Waals surface area contributed by atoms with Crippen LogP contribution in [0.5, 0.6) is 0 Å². The van der Waals surface area contributed by atoms with Crippen molar-refractivity contribution in [2.45, 2.75) is 0 Å². The predicted molar refractivity (Wildman–Crippen MR) is 223 cm³/mol. The average molecular weight is 895 g/mol. The smallest absolute Gasteiger partial charge is 0.355 e. The van der Waals surface area contributed by atoms with Gasteiger partial charge in [-0.1, -0.05) is 0 Å². The van der Waals surface area contributed by atoms with Gasteiger partial charge in [0.1, 0.15) is 0 Å². The molecule has 11 rings (SSSR count). The summed E-state index contributed by atoms with van der Waals surface area (Å²) < 4.78 is 0. The molecule has 6 aromatic heterocycles. The number of aromatic amines is 4. The predicted octanol–water partition coefficient (Wildman–Crippen LogP) is 10.8. The second-order valence-electron chi connectivity index (χ2n) is 12.9. The molecule has 0 atom stereocenters. The molecule has 8 nitrogen and oxygen atoms in total. The van der Waals surface area contributed by atoms with Crippen molar-refractivity contribution in [3.8, 4) is 0 Å². The number of fused-ring (bicyclic) bond motifs is 16. The van der Waals surface area contributed by atoms with E-state index in [2.05, 4.69) is 107 Å². The number of hydrogen-bond acceptors (Lipinski definition) is 4. The SMILES string of the molecule is C1=Cc2cc3ccc(cc4ccc(cc5nc(cc1n2)C=C5)[nH]4)[nH]3.C1=Cc2cc3ccc(cc4ccc(cc5nc(cc1n2)C=C5)[nH]4)[nH]3.[Au+].[c-]1ccccc1. The van der Waals surface area contributed by atoms with Crippen LogP contribution in [0.25, 0.3) is 92.7 Å². The van der Waals surface area contributed by atoms with Crippen LogP contribution in [-0.2, 0) is 22.4 Å². The molecule has 0 spiro atoms. The van der Waals surface area contributed by atoms with E-state index >= 15 is 0 Å². The van der Waals surface area contributed by atoms with Crippen molar-refractivity contribution in [2.75, 3.05) is 0 Å². The molecule has 0 amide bonds. The quantitative estimate of drug-likeness (QED) is 0.0896. The minimum Gasteiger partial charge on any atom is -0.355 e. The first-order valence-electron chi connectivity index (χ1n) is 17.6. The van der Waals surface area contributed by atoms with Gasteiger partial charge in [0.05, 0.1) is 45.6 Å². The minimum absolute atomic E-state index is 0. The Labute approximate surface area is 332 Å². The van der Waals surface area contributed by atoms with Gasteiger partial charge in [-0.15, -0.1) is 0 Å². The Balaban J connectivity index is 0.000000133. The standard InChI is InChI=1S/2C20H14N4.C6H5.Au/c2*1-2-14-10-16-5-6-18(23-16)12-20-8-7-19(24-20)11-17-4-3-15(22-17)9-13(1)21-14;1-2-4-6-5-3-1;/h2*1-12,21-22H;1-5H;/q;;-1;+1. The van der Waals surface area contributed by atoms with Gasteiger partial charge < -0.3 is 19.9 Å². The number of nitrogens with zero attached hydrogens (tertiary/aromatic N) is 4. The van der Waals surface area contributed by atoms with E-state index in [1.54, 1.807) is 0 Å². The number of aromatic nitrogens is 8. The van der Waals surface area contributed by atoms with E-state index < -0.39 is 0 Å². The fourth-order valence-electron chi connectivity index (χ4n) is 6.23. The molecule has 4 aliphatic heterocycles. The monoisotopic (exact) mass is 894 g/mol. The first-order valence-corrected chi connectivity index (χ1v) is 17.6. The van der Waals surface area contributed by atoms with Crippen LogP contribution in [0.1, 0.15) is 45.6 Å². The van der Waals surface area contributed by atoms with E-state index in [9.17, 15) is 0 Å². The van der Waals surface area contributed by atoms with Gasteiger partial charge >= 0.3 is 22.4 Å². The molecular formula is C46H33AuN8. The van der Waals surface area contributed by atoms with E-state index in [0.717, 1.165) is 89.7 Å². The third kappa shape index (κ3) is 9.04. The molecule has 10 heterocycles. The zero-order chi connectivity index (χ0) is 36.1. The Bertz CT molecular complexity index is 2570. The maximum absolute atomic E-state index is 4.62. The average Bonchev–Trinajstić information content (AvgIpc) is 4.01. The van der Waals surface area contributed by atoms with Crippen LogP contribution in [-0.4, -0.2) is 39.9 Å². The van der Waals surface area contributed by atoms with Crippen LogP contribution >= 0.6 is 0 Å². The first-order chi connectivity index (χ1) is 26.6. The van der Waals surface area contributed by atoms with Crippen LogP contribution in [0.4, 0.5) is 0 Å². The van der Waals surface area contributed by atoms with Crippen molar-refractivity contribution in [3.05, 3.63) is 179 Å². The Morgan fingerprint density at radius 3 is 0.745 bits per heavy atom. The number of benzene rings is 1. The van der Waals surface area contributed by atoms with Crippen molar-refractivity contribution < 1.29 is 22.4 Å². The van der Waals surface area contributed by atoms with Gasteiger partial charge in [0, 0.05) is 44.1 Å². The number of H-pyrrole nitrogens is 4. The summed E-state index contributed by atoms with van der Waals surface area (Å²) in [7, 11) is 0. The third-order valence-corrected chi connectivity index (χ3v) is 8.69. The minimum atomic E-state index is 0. The van der Waals surface area contributed by atoms with Crippen molar-refractivity contribution in [3.63, 3.8) is 0 Å². The molecule has 0 aliphatic carbocycles. The molecule has 7 aromatic rings. The maximum atomic E-state index is 4.62. The second kappa shape index (κ2) is 16.0. The van der Waals surface area contributed by atoms with Crippen molar-refractivity contribution >= 4 is 92.7 Å². The van der Waals surface area contributed by atoms with Crippen LogP contribution < -0.4 is 0 Å². The van der Waals surface area contributed by atoms with E-state index in [1.165, 1.54) is 0 Å². The van der Waals surface area contributed by atoms with E-state index in [0.29, 0.717) is 0 Å². The van der Waals surface area contributed by atoms with Crippen molar-refractivity contribution in [2.24, 2.45) is 0 Å². The van der Waals surface area contributed by atoms with E-state index in [4.69, 9.17) is 0 Å². The molecular weight excluding hydrogens is 862 g/mol. The summed E-state index contributed by atoms with van der Waals surface area (Å²) in [5, 5.41) is 0. The zero-order valence-electron chi connectivity index (χ0n) is 29.3. The topological polar surface area (TPSA) is 115 Å². The molecule has 9 heteroatoms. The summed E-state index contributed by atoms with van der Waals surface area (Å²) in [4.78, 5) is 32.0. The molecule has 0 unspecified atom stereocenters. The van der Waals surface area contributed by atoms with Crippen LogP contribution in [0.3, 0.4) is 0 Å². The van der Waals surface area contributed by atoms with Gasteiger partial charge in [-0.05, 0) is 146 Å². The molecule has 0 saturated carbocycles. The molecule has 0 fully saturated rings. The molecule has 55 heavy (non-hydrogen) atoms. The zero-order valence-corrected chi connectivity index (χ0v) is 31.5. The van der Waals surface area contributed by atoms with Crippen LogP contribution in [0.15, 0.2) is 127 Å². The number of hydrogen-bond donors (Lipinski definition) is 4. The third-order valence-electron chi connectivity index (χ3n) is 8.69. The summed E-state index contributed by atoms with van der Waals surface area (Å²) >= 11 is 0. The number of nitrogens with one attached hydrogen (secondary N) is 4. The Hall–Kier alpha value is -6.84. The van der Waals surface area contributed by atoms with E-state index in [-0.39, 0.29) is 22.4 Å². The molecule has 0 saturated heterocycles. The van der Waals surface area contributed by atoms with Gasteiger partial charge in [-0.25, -0.2) is 19.9 Å². The summed E-state index contributed by atoms with van der Waals surface area (Å²) in [6, 6.07) is 45.3. The summed E-state index contributed by atoms with van der Waals surface area (Å²) in [6.45, 7) is 0. The van der Waals surface area contributed by atoms with Gasteiger partial charge in [0.25, 0.3) is 0 Å². The molecule has 1 aromatic carbocycles. The second-order valence-corrected chi connectivity index (χ2v) is 12.9. The maximum Gasteiger partial charge on any atom is 1.00 e. The number of rotatable bonds is 0. The summed E-state index contributed by atoms with van der Waals surface area (Å²) in [6.07, 6.45) is 16.1. The first kappa shape index (κ1) is 35.2. The molecule has 268 valence electrons. The van der Waals surface area contributed by atoms with Crippen molar-refractivity contribution in [1.29, 1.82) is 0 Å². The molecule has 16 bridgehead atoms. The Kier molecular flexibility index (Phi) is 10.3. The Morgan fingerprint density at radius 2 is 0.527 bits per heavy atom. The summed E-state index contributed by atoms with van der Waals surface area (Å²) in [5.74, 6) is 0. The van der Waals surface area contributed by atoms with Gasteiger partial charge in [0.2, 0.25) is 0 Å². The molecule has 0 radical (unpaired) electrons. The van der Waals surface area contributed by atoms with Crippen LogP contribution in [0, 0.1) is 6.07 Å². The fraction of sp³-hybridized carbons (Fsp3) is 0. The van der Waals surface area contributed by atoms with Gasteiger partial charge in [-0.3, -0.25) is 0 Å². The largest absolute Gasteiger partial charge is 1.00 e. The van der Waals surface area contributed by atoms with Gasteiger partial charge in [-0.2, -0.15) is 36.4 Å². The normalized spacial score (nSPS) is 11.9. The van der Waals surface area contributed by atoms with Crippen LogP contribution in [0.2, 0.25) is 0 Å². The van der Waals surface area contributed by atoms with E-state index in [1.807, 2.05) is 115 Å². The van der Waals surface area contributed by atoms with Gasteiger partial charge in [0.15, 0.2) is 0 Å².